The average molecular weight is 291 g/mol. The molecule has 2 rings (SSSR count). The largest absolute Gasteiger partial charge is 0.496 e. The fourth-order valence-corrected chi connectivity index (χ4v) is 2.73. The average Bonchev–Trinajstić information content (AvgIpc) is 2.53. The van der Waals surface area contributed by atoms with Crippen LogP contribution in [0.4, 0.5) is 5.69 Å². The third-order valence-corrected chi connectivity index (χ3v) is 4.04. The van der Waals surface area contributed by atoms with Crippen molar-refractivity contribution in [1.29, 1.82) is 0 Å². The zero-order chi connectivity index (χ0) is 15.2. The Bertz CT molecular complexity index is 484. The number of methoxy groups -OCH3 is 1. The van der Waals surface area contributed by atoms with Crippen LogP contribution in [0.5, 0.6) is 5.75 Å². The van der Waals surface area contributed by atoms with Gasteiger partial charge in [-0.25, -0.2) is 0 Å². The summed E-state index contributed by atoms with van der Waals surface area (Å²) >= 11 is 0. The van der Waals surface area contributed by atoms with Crippen LogP contribution in [0, 0.1) is 0 Å². The first kappa shape index (κ1) is 15.6. The number of hydrogen-bond donors (Lipinski definition) is 2. The van der Waals surface area contributed by atoms with E-state index >= 15 is 0 Å². The SMILES string of the molecule is COc1ccc(N)cc1C(=O)NCC(C)N1CCCCC1. The van der Waals surface area contributed by atoms with E-state index < -0.39 is 0 Å². The van der Waals surface area contributed by atoms with Gasteiger partial charge in [-0.1, -0.05) is 6.42 Å². The van der Waals surface area contributed by atoms with E-state index in [0.717, 1.165) is 13.1 Å². The fourth-order valence-electron chi connectivity index (χ4n) is 2.73. The number of carbonyl (C=O) groups is 1. The number of hydrogen-bond acceptors (Lipinski definition) is 4. The predicted molar refractivity (Wildman–Crippen MR) is 84.6 cm³/mol. The lowest BCUT2D eigenvalue weighted by Gasteiger charge is -2.32. The first-order valence-corrected chi connectivity index (χ1v) is 7.57. The van der Waals surface area contributed by atoms with Crippen molar-refractivity contribution in [2.75, 3.05) is 32.5 Å². The second kappa shape index (κ2) is 7.31. The van der Waals surface area contributed by atoms with Gasteiger partial charge in [0.15, 0.2) is 0 Å². The molecular weight excluding hydrogens is 266 g/mol. The number of nitrogens with two attached hydrogens (primary N) is 1. The summed E-state index contributed by atoms with van der Waals surface area (Å²) in [5.74, 6) is 0.412. The lowest BCUT2D eigenvalue weighted by Crippen LogP contribution is -2.44. The fraction of sp³-hybridized carbons (Fsp3) is 0.562. The van der Waals surface area contributed by atoms with Crippen molar-refractivity contribution in [2.24, 2.45) is 0 Å². The molecule has 0 bridgehead atoms. The number of nitrogens with zero attached hydrogens (tertiary/aromatic N) is 1. The second-order valence-electron chi connectivity index (χ2n) is 5.62. The summed E-state index contributed by atoms with van der Waals surface area (Å²) < 4.78 is 5.22. The molecule has 1 aliphatic rings. The van der Waals surface area contributed by atoms with Crippen LogP contribution >= 0.6 is 0 Å². The highest BCUT2D eigenvalue weighted by Gasteiger charge is 2.18. The van der Waals surface area contributed by atoms with Crippen molar-refractivity contribution in [3.8, 4) is 5.75 Å². The van der Waals surface area contributed by atoms with Gasteiger partial charge in [0.2, 0.25) is 0 Å². The van der Waals surface area contributed by atoms with E-state index in [1.54, 1.807) is 25.3 Å². The van der Waals surface area contributed by atoms with E-state index in [-0.39, 0.29) is 5.91 Å². The molecule has 5 heteroatoms. The number of rotatable bonds is 5. The summed E-state index contributed by atoms with van der Waals surface area (Å²) in [4.78, 5) is 14.7. The number of benzene rings is 1. The molecule has 1 saturated heterocycles. The molecule has 0 saturated carbocycles. The molecule has 1 amide bonds. The standard InChI is InChI=1S/C16H25N3O2/c1-12(19-8-4-3-5-9-19)11-18-16(20)14-10-13(17)6-7-15(14)21-2/h6-7,10,12H,3-5,8-9,11,17H2,1-2H3,(H,18,20). The zero-order valence-corrected chi connectivity index (χ0v) is 12.9. The Hall–Kier alpha value is -1.75. The van der Waals surface area contributed by atoms with Crippen molar-refractivity contribution >= 4 is 11.6 Å². The molecule has 0 radical (unpaired) electrons. The van der Waals surface area contributed by atoms with E-state index in [9.17, 15) is 4.79 Å². The molecule has 1 atom stereocenters. The smallest absolute Gasteiger partial charge is 0.255 e. The first-order valence-electron chi connectivity index (χ1n) is 7.57. The van der Waals surface area contributed by atoms with Crippen LogP contribution in [0.2, 0.25) is 0 Å². The Morgan fingerprint density at radius 2 is 2.10 bits per heavy atom. The van der Waals surface area contributed by atoms with Crippen molar-refractivity contribution in [2.45, 2.75) is 32.2 Å². The highest BCUT2D eigenvalue weighted by Crippen LogP contribution is 2.21. The van der Waals surface area contributed by atoms with Gasteiger partial charge in [0, 0.05) is 18.3 Å². The highest BCUT2D eigenvalue weighted by molar-refractivity contribution is 5.97. The summed E-state index contributed by atoms with van der Waals surface area (Å²) in [6.45, 7) is 5.04. The Balaban J connectivity index is 1.93. The Morgan fingerprint density at radius 1 is 1.38 bits per heavy atom. The zero-order valence-electron chi connectivity index (χ0n) is 12.9. The quantitative estimate of drug-likeness (QED) is 0.813. The Kier molecular flexibility index (Phi) is 5.44. The summed E-state index contributed by atoms with van der Waals surface area (Å²) in [6.07, 6.45) is 3.82. The third-order valence-electron chi connectivity index (χ3n) is 4.04. The molecule has 1 aliphatic heterocycles. The molecule has 1 aromatic rings. The number of nitrogens with one attached hydrogen (secondary N) is 1. The molecule has 116 valence electrons. The summed E-state index contributed by atoms with van der Waals surface area (Å²) in [5.41, 5.74) is 6.80. The number of nitrogen functional groups attached to an aromatic ring is 1. The molecule has 0 aromatic heterocycles. The van der Waals surface area contributed by atoms with Gasteiger partial charge in [-0.15, -0.1) is 0 Å². The summed E-state index contributed by atoms with van der Waals surface area (Å²) in [6, 6.07) is 5.45. The minimum absolute atomic E-state index is 0.136. The van der Waals surface area contributed by atoms with Gasteiger partial charge in [-0.3, -0.25) is 9.69 Å². The monoisotopic (exact) mass is 291 g/mol. The van der Waals surface area contributed by atoms with Gasteiger partial charge in [-0.2, -0.15) is 0 Å². The number of amides is 1. The van der Waals surface area contributed by atoms with Crippen LogP contribution in [0.15, 0.2) is 18.2 Å². The number of carbonyl (C=O) groups excluding carboxylic acids is 1. The van der Waals surface area contributed by atoms with Crippen molar-refractivity contribution < 1.29 is 9.53 Å². The maximum atomic E-state index is 12.3. The molecule has 1 fully saturated rings. The van der Waals surface area contributed by atoms with Gasteiger partial charge in [0.25, 0.3) is 5.91 Å². The van der Waals surface area contributed by atoms with Crippen molar-refractivity contribution in [3.05, 3.63) is 23.8 Å². The van der Waals surface area contributed by atoms with E-state index in [0.29, 0.717) is 29.6 Å². The van der Waals surface area contributed by atoms with E-state index in [1.807, 2.05) is 0 Å². The van der Waals surface area contributed by atoms with Crippen molar-refractivity contribution in [3.63, 3.8) is 0 Å². The third kappa shape index (κ3) is 4.11. The lowest BCUT2D eigenvalue weighted by molar-refractivity contribution is 0.0927. The van der Waals surface area contributed by atoms with Gasteiger partial charge >= 0.3 is 0 Å². The number of likely N-dealkylation sites (tertiary alicyclic amines) is 1. The highest BCUT2D eigenvalue weighted by atomic mass is 16.5. The molecule has 21 heavy (non-hydrogen) atoms. The van der Waals surface area contributed by atoms with Crippen LogP contribution in [0.3, 0.4) is 0 Å². The summed E-state index contributed by atoms with van der Waals surface area (Å²) in [5, 5.41) is 2.98. The molecule has 1 unspecified atom stereocenters. The minimum Gasteiger partial charge on any atom is -0.496 e. The first-order chi connectivity index (χ1) is 10.1. The Morgan fingerprint density at radius 3 is 2.76 bits per heavy atom. The van der Waals surface area contributed by atoms with Crippen LogP contribution in [-0.4, -0.2) is 43.6 Å². The van der Waals surface area contributed by atoms with Crippen LogP contribution < -0.4 is 15.8 Å². The van der Waals surface area contributed by atoms with E-state index in [1.165, 1.54) is 19.3 Å². The topological polar surface area (TPSA) is 67.6 Å². The van der Waals surface area contributed by atoms with Gasteiger partial charge < -0.3 is 15.8 Å². The maximum Gasteiger partial charge on any atom is 0.255 e. The van der Waals surface area contributed by atoms with Gasteiger partial charge in [0.1, 0.15) is 5.75 Å². The number of ether oxygens (including phenoxy) is 1. The molecule has 1 aromatic carbocycles. The molecule has 3 N–H and O–H groups in total. The molecule has 1 heterocycles. The Labute approximate surface area is 126 Å². The van der Waals surface area contributed by atoms with Crippen molar-refractivity contribution in [1.82, 2.24) is 10.2 Å². The minimum atomic E-state index is -0.136. The van der Waals surface area contributed by atoms with Crippen LogP contribution in [0.25, 0.3) is 0 Å². The second-order valence-corrected chi connectivity index (χ2v) is 5.62. The normalized spacial score (nSPS) is 17.2. The summed E-state index contributed by atoms with van der Waals surface area (Å²) in [7, 11) is 1.55. The van der Waals surface area contributed by atoms with Crippen LogP contribution in [0.1, 0.15) is 36.5 Å². The molecule has 5 nitrogen and oxygen atoms in total. The maximum absolute atomic E-state index is 12.3. The van der Waals surface area contributed by atoms with Gasteiger partial charge in [0.05, 0.1) is 12.7 Å². The molecule has 0 aliphatic carbocycles. The number of piperidine rings is 1. The van der Waals surface area contributed by atoms with E-state index in [4.69, 9.17) is 10.5 Å². The molecule has 0 spiro atoms. The van der Waals surface area contributed by atoms with Crippen LogP contribution in [-0.2, 0) is 0 Å². The molecular formula is C16H25N3O2. The van der Waals surface area contributed by atoms with E-state index in [2.05, 4.69) is 17.1 Å². The van der Waals surface area contributed by atoms with Gasteiger partial charge in [-0.05, 0) is 51.1 Å². The number of anilines is 1. The predicted octanol–water partition coefficient (Wildman–Crippen LogP) is 1.88. The lowest BCUT2D eigenvalue weighted by atomic mass is 10.1.